The summed E-state index contributed by atoms with van der Waals surface area (Å²) in [5.41, 5.74) is 0.632. The number of likely N-dealkylation sites (tertiary alicyclic amines) is 1. The predicted octanol–water partition coefficient (Wildman–Crippen LogP) is 0.490. The molecule has 13 nitrogen and oxygen atoms in total. The van der Waals surface area contributed by atoms with Gasteiger partial charge in [-0.25, -0.2) is 9.78 Å². The van der Waals surface area contributed by atoms with Gasteiger partial charge in [0.05, 0.1) is 24.5 Å². The molecule has 2 bridgehead atoms. The molecule has 1 spiro atoms. The molecule has 2 aromatic rings. The number of piperidine rings is 1. The molecule has 2 aliphatic heterocycles. The molecule has 1 aromatic carbocycles. The van der Waals surface area contributed by atoms with E-state index in [0.29, 0.717) is 30.0 Å². The van der Waals surface area contributed by atoms with Gasteiger partial charge in [-0.3, -0.25) is 9.59 Å². The van der Waals surface area contributed by atoms with E-state index in [1.807, 2.05) is 19.2 Å². The first-order chi connectivity index (χ1) is 20.6. The van der Waals surface area contributed by atoms with E-state index in [-0.39, 0.29) is 45.0 Å². The van der Waals surface area contributed by atoms with Crippen molar-refractivity contribution in [3.63, 3.8) is 0 Å². The van der Waals surface area contributed by atoms with Crippen molar-refractivity contribution in [1.82, 2.24) is 25.5 Å². The maximum absolute atomic E-state index is 13.7. The smallest absolute Gasteiger partial charge is 0.334 e. The Labute approximate surface area is 256 Å². The third-order valence-corrected chi connectivity index (χ3v) is 9.41. The lowest BCUT2D eigenvalue weighted by Gasteiger charge is -2.61. The number of aromatic nitrogens is 2. The summed E-state index contributed by atoms with van der Waals surface area (Å²) in [4.78, 5) is 47.3. The van der Waals surface area contributed by atoms with E-state index in [1.165, 1.54) is 13.3 Å². The van der Waals surface area contributed by atoms with E-state index < -0.39 is 47.0 Å². The standard InChI is InChI=1S/C30H37N5O8.CH4/c1-16(36)27(38)32-10-7-23(37)34-19(13-18-14-31-15-33-18)28(39)42-21-6-8-30(40)22-12-17-4-5-20(41-3)25-24(17)29(30,26(21)43-25)9-11-35(22)2;/h4-6,14-16,19,22,26,36,40H,7-13H2,1-3H3,(H,31,33)(H,32,38)(H,34,37);1H4/t16-,19-,22+,26-,29-,30+;/m0./s1. The molecule has 1 aromatic heterocycles. The van der Waals surface area contributed by atoms with Crippen LogP contribution in [0, 0.1) is 0 Å². The number of ether oxygens (including phenoxy) is 3. The molecule has 6 rings (SSSR count). The maximum atomic E-state index is 13.7. The minimum absolute atomic E-state index is 0. The Morgan fingerprint density at radius 1 is 1.32 bits per heavy atom. The van der Waals surface area contributed by atoms with Gasteiger partial charge in [-0.15, -0.1) is 0 Å². The molecule has 0 unspecified atom stereocenters. The van der Waals surface area contributed by atoms with Crippen molar-refractivity contribution in [2.75, 3.05) is 27.2 Å². The SMILES string of the molecule is C.COc1ccc2c3c1O[C@H]1C(OC(=O)[C@H](Cc4cnc[nH]4)NC(=O)CCNC(=O)[C@H](C)O)=CC[C@@]4(O)[C@@H](C2)N(C)CC[C@]314. The Morgan fingerprint density at radius 3 is 2.82 bits per heavy atom. The molecular formula is C31H41N5O8. The molecule has 4 aliphatic rings. The molecule has 5 N–H and O–H groups in total. The van der Waals surface area contributed by atoms with Gasteiger partial charge in [0, 0.05) is 49.3 Å². The number of imidazole rings is 1. The van der Waals surface area contributed by atoms with Gasteiger partial charge in [-0.05, 0) is 51.1 Å². The third-order valence-electron chi connectivity index (χ3n) is 9.41. The first-order valence-corrected chi connectivity index (χ1v) is 14.5. The molecule has 2 aliphatic carbocycles. The zero-order valence-corrected chi connectivity index (χ0v) is 24.4. The number of carbonyl (C=O) groups excluding carboxylic acids is 3. The van der Waals surface area contributed by atoms with Crippen LogP contribution in [0.15, 0.2) is 36.5 Å². The Bertz CT molecular complexity index is 1460. The third kappa shape index (κ3) is 4.92. The van der Waals surface area contributed by atoms with Crippen LogP contribution in [0.25, 0.3) is 0 Å². The van der Waals surface area contributed by atoms with Crippen molar-refractivity contribution in [2.45, 2.75) is 81.8 Å². The largest absolute Gasteiger partial charge is 0.493 e. The molecule has 2 amide bonds. The van der Waals surface area contributed by atoms with E-state index in [0.717, 1.165) is 17.7 Å². The highest BCUT2D eigenvalue weighted by Gasteiger charge is 2.72. The number of hydrogen-bond donors (Lipinski definition) is 5. The van der Waals surface area contributed by atoms with E-state index in [1.54, 1.807) is 19.4 Å². The zero-order chi connectivity index (χ0) is 30.5. The van der Waals surface area contributed by atoms with Crippen molar-refractivity contribution < 1.29 is 38.8 Å². The number of carbonyl (C=O) groups is 3. The molecule has 13 heteroatoms. The van der Waals surface area contributed by atoms with Crippen LogP contribution < -0.4 is 20.1 Å². The zero-order valence-electron chi connectivity index (χ0n) is 24.4. The van der Waals surface area contributed by atoms with Crippen molar-refractivity contribution >= 4 is 17.8 Å². The molecule has 1 fully saturated rings. The molecule has 238 valence electrons. The van der Waals surface area contributed by atoms with Crippen LogP contribution in [-0.2, 0) is 37.4 Å². The summed E-state index contributed by atoms with van der Waals surface area (Å²) < 4.78 is 18.3. The lowest BCUT2D eigenvalue weighted by Crippen LogP contribution is -2.74. The highest BCUT2D eigenvalue weighted by atomic mass is 16.6. The number of aliphatic hydroxyl groups is 2. The Hall–Kier alpha value is -3.94. The van der Waals surface area contributed by atoms with Crippen molar-refractivity contribution in [3.05, 3.63) is 53.3 Å². The Morgan fingerprint density at radius 2 is 2.11 bits per heavy atom. The lowest BCUT2D eigenvalue weighted by molar-refractivity contribution is -0.170. The topological polar surface area (TPSA) is 175 Å². The fourth-order valence-electron chi connectivity index (χ4n) is 7.30. The van der Waals surface area contributed by atoms with Gasteiger partial charge >= 0.3 is 5.97 Å². The normalized spacial score (nSPS) is 27.4. The summed E-state index contributed by atoms with van der Waals surface area (Å²) in [6, 6.07) is 2.68. The van der Waals surface area contributed by atoms with E-state index in [4.69, 9.17) is 14.2 Å². The van der Waals surface area contributed by atoms with Crippen LogP contribution >= 0.6 is 0 Å². The first kappa shape index (κ1) is 31.5. The average molecular weight is 612 g/mol. The Kier molecular flexibility index (Phi) is 8.49. The number of aliphatic hydroxyl groups excluding tert-OH is 1. The van der Waals surface area contributed by atoms with Crippen molar-refractivity contribution in [1.29, 1.82) is 0 Å². The molecular weight excluding hydrogens is 570 g/mol. The van der Waals surface area contributed by atoms with Gasteiger partial charge in [-0.1, -0.05) is 13.5 Å². The number of benzene rings is 1. The second-order valence-electron chi connectivity index (χ2n) is 11.8. The van der Waals surface area contributed by atoms with Crippen LogP contribution in [0.1, 0.15) is 50.4 Å². The minimum atomic E-state index is -1.20. The van der Waals surface area contributed by atoms with Gasteiger partial charge in [0.15, 0.2) is 17.6 Å². The number of hydrogen-bond acceptors (Lipinski definition) is 10. The number of nitrogens with one attached hydrogen (secondary N) is 3. The number of H-pyrrole nitrogens is 1. The highest BCUT2D eigenvalue weighted by Crippen LogP contribution is 2.65. The van der Waals surface area contributed by atoms with E-state index >= 15 is 0 Å². The van der Waals surface area contributed by atoms with Gasteiger partial charge in [0.1, 0.15) is 17.9 Å². The van der Waals surface area contributed by atoms with Crippen LogP contribution in [0.2, 0.25) is 0 Å². The number of esters is 1. The maximum Gasteiger partial charge on any atom is 0.334 e. The first-order valence-electron chi connectivity index (χ1n) is 14.5. The summed E-state index contributed by atoms with van der Waals surface area (Å²) in [6.07, 6.45) is 4.30. The van der Waals surface area contributed by atoms with E-state index in [2.05, 4.69) is 25.5 Å². The van der Waals surface area contributed by atoms with Crippen molar-refractivity contribution in [3.8, 4) is 11.5 Å². The minimum Gasteiger partial charge on any atom is -0.493 e. The van der Waals surface area contributed by atoms with Gasteiger partial charge < -0.3 is 44.9 Å². The molecule has 0 saturated carbocycles. The van der Waals surface area contributed by atoms with Gasteiger partial charge in [0.2, 0.25) is 11.8 Å². The van der Waals surface area contributed by atoms with Crippen LogP contribution in [0.3, 0.4) is 0 Å². The average Bonchev–Trinajstić information content (AvgIpc) is 3.62. The second kappa shape index (κ2) is 11.9. The summed E-state index contributed by atoms with van der Waals surface area (Å²) in [6.45, 7) is 2.05. The lowest BCUT2D eigenvalue weighted by atomic mass is 9.50. The predicted molar refractivity (Wildman–Crippen MR) is 158 cm³/mol. The summed E-state index contributed by atoms with van der Waals surface area (Å²) in [7, 11) is 3.59. The quantitative estimate of drug-likeness (QED) is 0.238. The Balaban J connectivity index is 0.00000384. The highest BCUT2D eigenvalue weighted by molar-refractivity contribution is 5.86. The van der Waals surface area contributed by atoms with E-state index in [9.17, 15) is 24.6 Å². The number of likely N-dealkylation sites (N-methyl/N-ethyl adjacent to an activating group) is 1. The van der Waals surface area contributed by atoms with Crippen molar-refractivity contribution in [2.24, 2.45) is 0 Å². The summed E-state index contributed by atoms with van der Waals surface area (Å²) in [5.74, 6) is -0.367. The molecule has 44 heavy (non-hydrogen) atoms. The second-order valence-corrected chi connectivity index (χ2v) is 11.8. The number of methoxy groups -OCH3 is 1. The van der Waals surface area contributed by atoms with Gasteiger partial charge in [-0.2, -0.15) is 0 Å². The summed E-state index contributed by atoms with van der Waals surface area (Å²) in [5, 5.41) is 26.9. The molecule has 6 atom stereocenters. The number of amides is 2. The number of rotatable bonds is 10. The fourth-order valence-corrected chi connectivity index (χ4v) is 7.30. The molecule has 0 radical (unpaired) electrons. The molecule has 1 saturated heterocycles. The van der Waals surface area contributed by atoms with Crippen LogP contribution in [0.4, 0.5) is 0 Å². The van der Waals surface area contributed by atoms with Crippen LogP contribution in [-0.4, -0.2) is 100 Å². The molecule has 3 heterocycles. The summed E-state index contributed by atoms with van der Waals surface area (Å²) >= 11 is 0. The number of aromatic amines is 1. The van der Waals surface area contributed by atoms with Crippen LogP contribution in [0.5, 0.6) is 11.5 Å². The number of nitrogens with zero attached hydrogens (tertiary/aromatic N) is 2. The monoisotopic (exact) mass is 611 g/mol. The van der Waals surface area contributed by atoms with Gasteiger partial charge in [0.25, 0.3) is 0 Å². The fraction of sp³-hybridized carbons (Fsp3) is 0.548.